The zero-order valence-corrected chi connectivity index (χ0v) is 14.8. The van der Waals surface area contributed by atoms with E-state index in [2.05, 4.69) is 30.5 Å². The molecule has 0 saturated heterocycles. The van der Waals surface area contributed by atoms with E-state index in [0.717, 1.165) is 5.01 Å². The molecule has 1 amide bonds. The molecule has 1 N–H and O–H groups in total. The predicted octanol–water partition coefficient (Wildman–Crippen LogP) is 3.18. The zero-order valence-electron chi connectivity index (χ0n) is 14.0. The summed E-state index contributed by atoms with van der Waals surface area (Å²) in [6.45, 7) is 6.10. The van der Waals surface area contributed by atoms with Gasteiger partial charge in [-0.2, -0.15) is 0 Å². The van der Waals surface area contributed by atoms with Crippen molar-refractivity contribution < 1.29 is 14.2 Å². The Labute approximate surface area is 148 Å². The molecule has 130 valence electrons. The summed E-state index contributed by atoms with van der Waals surface area (Å²) in [5, 5.41) is 19.6. The summed E-state index contributed by atoms with van der Waals surface area (Å²) in [5.41, 5.74) is 1.83. The summed E-state index contributed by atoms with van der Waals surface area (Å²) in [7, 11) is 0. The van der Waals surface area contributed by atoms with Crippen molar-refractivity contribution in [3.8, 4) is 5.75 Å². The second-order valence-corrected chi connectivity index (χ2v) is 6.67. The van der Waals surface area contributed by atoms with Crippen LogP contribution in [0, 0.1) is 6.92 Å². The van der Waals surface area contributed by atoms with Gasteiger partial charge in [-0.3, -0.25) is 10.1 Å². The van der Waals surface area contributed by atoms with E-state index < -0.39 is 0 Å². The second kappa shape index (κ2) is 7.39. The lowest BCUT2D eigenvalue weighted by atomic mass is 10.2. The Morgan fingerprint density at radius 2 is 2.00 bits per heavy atom. The van der Waals surface area contributed by atoms with Gasteiger partial charge in [-0.15, -0.1) is 10.2 Å². The minimum Gasteiger partial charge on any atom is -0.487 e. The molecule has 3 rings (SSSR count). The van der Waals surface area contributed by atoms with Gasteiger partial charge in [-0.05, 0) is 31.2 Å². The zero-order chi connectivity index (χ0) is 17.8. The van der Waals surface area contributed by atoms with Crippen molar-refractivity contribution in [2.45, 2.75) is 33.3 Å². The maximum absolute atomic E-state index is 12.3. The van der Waals surface area contributed by atoms with Crippen LogP contribution in [0.25, 0.3) is 0 Å². The van der Waals surface area contributed by atoms with Crippen molar-refractivity contribution in [3.05, 3.63) is 46.2 Å². The van der Waals surface area contributed by atoms with Crippen molar-refractivity contribution in [1.82, 2.24) is 20.5 Å². The molecular weight excluding hydrogens is 342 g/mol. The van der Waals surface area contributed by atoms with Crippen molar-refractivity contribution >= 4 is 22.4 Å². The van der Waals surface area contributed by atoms with Gasteiger partial charge < -0.3 is 4.74 Å². The number of aromatic nitrogens is 4. The highest BCUT2D eigenvalue weighted by Crippen LogP contribution is 2.23. The number of aryl methyl sites for hydroxylation is 1. The number of carbonyl (C=O) groups is 1. The molecule has 2 aromatic heterocycles. The number of nitrogens with one attached hydrogen (secondary N) is 1. The summed E-state index contributed by atoms with van der Waals surface area (Å²) in [6.07, 6.45) is 0. The Morgan fingerprint density at radius 1 is 1.24 bits per heavy atom. The minimum absolute atomic E-state index is 0.241. The van der Waals surface area contributed by atoms with Crippen molar-refractivity contribution in [2.24, 2.45) is 0 Å². The molecule has 0 atom stereocenters. The lowest BCUT2D eigenvalue weighted by Crippen LogP contribution is -2.11. The first-order valence-electron chi connectivity index (χ1n) is 7.68. The number of ether oxygens (including phenoxy) is 1. The van der Waals surface area contributed by atoms with Crippen LogP contribution in [0.15, 0.2) is 28.9 Å². The Kier molecular flexibility index (Phi) is 5.03. The molecule has 2 heterocycles. The van der Waals surface area contributed by atoms with Gasteiger partial charge >= 0.3 is 0 Å². The van der Waals surface area contributed by atoms with Crippen LogP contribution in [0.1, 0.15) is 46.5 Å². The largest absolute Gasteiger partial charge is 0.487 e. The standard InChI is InChI=1S/C16H17N5O3S/c1-9(2)15-18-19-16(25-15)17-14(22)11-4-6-12(7-5-11)23-8-13-10(3)20-24-21-13/h4-7,9H,8H2,1-3H3,(H,17,19,22). The fraction of sp³-hybridized carbons (Fsp3) is 0.312. The van der Waals surface area contributed by atoms with Crippen LogP contribution in [-0.4, -0.2) is 26.4 Å². The fourth-order valence-electron chi connectivity index (χ4n) is 1.92. The van der Waals surface area contributed by atoms with Crippen LogP contribution in [0.4, 0.5) is 5.13 Å². The normalized spacial score (nSPS) is 10.9. The van der Waals surface area contributed by atoms with E-state index in [9.17, 15) is 4.79 Å². The van der Waals surface area contributed by atoms with Crippen LogP contribution in [-0.2, 0) is 6.61 Å². The number of nitrogens with zero attached hydrogens (tertiary/aromatic N) is 4. The quantitative estimate of drug-likeness (QED) is 0.721. The molecule has 0 unspecified atom stereocenters. The maximum Gasteiger partial charge on any atom is 0.257 e. The third-order valence-corrected chi connectivity index (χ3v) is 4.53. The number of amides is 1. The number of rotatable bonds is 6. The molecule has 0 spiro atoms. The molecule has 8 nitrogen and oxygen atoms in total. The molecule has 0 radical (unpaired) electrons. The summed E-state index contributed by atoms with van der Waals surface area (Å²) in [5.74, 6) is 0.662. The number of benzene rings is 1. The first kappa shape index (κ1) is 17.0. The number of hydrogen-bond donors (Lipinski definition) is 1. The van der Waals surface area contributed by atoms with Gasteiger partial charge in [0, 0.05) is 11.5 Å². The molecule has 9 heteroatoms. The molecule has 0 aliphatic heterocycles. The molecule has 0 aliphatic carbocycles. The molecule has 0 saturated carbocycles. The third kappa shape index (κ3) is 4.18. The lowest BCUT2D eigenvalue weighted by molar-refractivity contribution is 0.102. The van der Waals surface area contributed by atoms with E-state index in [4.69, 9.17) is 4.74 Å². The first-order valence-corrected chi connectivity index (χ1v) is 8.50. The molecule has 1 aromatic carbocycles. The molecular formula is C16H17N5O3S. The van der Waals surface area contributed by atoms with E-state index in [-0.39, 0.29) is 18.4 Å². The highest BCUT2D eigenvalue weighted by Gasteiger charge is 2.12. The van der Waals surface area contributed by atoms with Crippen LogP contribution in [0.2, 0.25) is 0 Å². The molecule has 0 aliphatic rings. The first-order chi connectivity index (χ1) is 12.0. The van der Waals surface area contributed by atoms with Crippen LogP contribution < -0.4 is 10.1 Å². The van der Waals surface area contributed by atoms with E-state index in [0.29, 0.717) is 27.8 Å². The van der Waals surface area contributed by atoms with E-state index in [1.54, 1.807) is 31.2 Å². The topological polar surface area (TPSA) is 103 Å². The fourth-order valence-corrected chi connectivity index (χ4v) is 2.66. The number of hydrogen-bond acceptors (Lipinski definition) is 8. The smallest absolute Gasteiger partial charge is 0.257 e. The molecule has 0 bridgehead atoms. The van der Waals surface area contributed by atoms with Gasteiger partial charge in [0.2, 0.25) is 5.13 Å². The summed E-state index contributed by atoms with van der Waals surface area (Å²) in [6, 6.07) is 6.81. The summed E-state index contributed by atoms with van der Waals surface area (Å²) < 4.78 is 10.2. The predicted molar refractivity (Wildman–Crippen MR) is 91.8 cm³/mol. The van der Waals surface area contributed by atoms with E-state index >= 15 is 0 Å². The highest BCUT2D eigenvalue weighted by atomic mass is 32.1. The summed E-state index contributed by atoms with van der Waals surface area (Å²) >= 11 is 1.37. The van der Waals surface area contributed by atoms with Gasteiger partial charge in [-0.1, -0.05) is 35.5 Å². The Bertz CT molecular complexity index is 857. The Hall–Kier alpha value is -2.81. The van der Waals surface area contributed by atoms with Crippen molar-refractivity contribution in [2.75, 3.05) is 5.32 Å². The average Bonchev–Trinajstić information content (AvgIpc) is 3.22. The number of anilines is 1. The Balaban J connectivity index is 1.59. The molecule has 0 fully saturated rings. The van der Waals surface area contributed by atoms with Gasteiger partial charge in [0.1, 0.15) is 28.8 Å². The molecule has 3 aromatic rings. The lowest BCUT2D eigenvalue weighted by Gasteiger charge is -2.05. The third-order valence-electron chi connectivity index (χ3n) is 3.39. The van der Waals surface area contributed by atoms with Gasteiger partial charge in [0.25, 0.3) is 5.91 Å². The van der Waals surface area contributed by atoms with Crippen LogP contribution in [0.5, 0.6) is 5.75 Å². The van der Waals surface area contributed by atoms with Crippen molar-refractivity contribution in [1.29, 1.82) is 0 Å². The van der Waals surface area contributed by atoms with Gasteiger partial charge in [0.15, 0.2) is 0 Å². The monoisotopic (exact) mass is 359 g/mol. The number of carbonyl (C=O) groups excluding carboxylic acids is 1. The maximum atomic E-state index is 12.3. The van der Waals surface area contributed by atoms with Crippen LogP contribution in [0.3, 0.4) is 0 Å². The van der Waals surface area contributed by atoms with Gasteiger partial charge in [0.05, 0.1) is 0 Å². The van der Waals surface area contributed by atoms with Crippen LogP contribution >= 0.6 is 11.3 Å². The SMILES string of the molecule is Cc1nonc1COc1ccc(C(=O)Nc2nnc(C(C)C)s2)cc1. The minimum atomic E-state index is -0.241. The summed E-state index contributed by atoms with van der Waals surface area (Å²) in [4.78, 5) is 12.3. The van der Waals surface area contributed by atoms with E-state index in [1.165, 1.54) is 11.3 Å². The van der Waals surface area contributed by atoms with Gasteiger partial charge in [-0.25, -0.2) is 4.63 Å². The Morgan fingerprint density at radius 3 is 2.60 bits per heavy atom. The van der Waals surface area contributed by atoms with Crippen molar-refractivity contribution in [3.63, 3.8) is 0 Å². The second-order valence-electron chi connectivity index (χ2n) is 5.66. The average molecular weight is 359 g/mol. The molecule has 25 heavy (non-hydrogen) atoms. The van der Waals surface area contributed by atoms with E-state index in [1.807, 2.05) is 13.8 Å². The highest BCUT2D eigenvalue weighted by molar-refractivity contribution is 7.15.